The number of aromatic nitrogens is 4. The van der Waals surface area contributed by atoms with E-state index >= 15 is 0 Å². The Morgan fingerprint density at radius 1 is 1.34 bits per heavy atom. The maximum absolute atomic E-state index is 13.6. The molecule has 1 aliphatic rings. The summed E-state index contributed by atoms with van der Waals surface area (Å²) in [7, 11) is 0. The summed E-state index contributed by atoms with van der Waals surface area (Å²) in [6, 6.07) is 9.69. The normalized spacial score (nSPS) is 17.1. The van der Waals surface area contributed by atoms with Gasteiger partial charge in [-0.1, -0.05) is 18.2 Å². The lowest BCUT2D eigenvalue weighted by Crippen LogP contribution is -2.45. The summed E-state index contributed by atoms with van der Waals surface area (Å²) in [6.45, 7) is 5.72. The van der Waals surface area contributed by atoms with Crippen LogP contribution in [0.1, 0.15) is 43.9 Å². The lowest BCUT2D eigenvalue weighted by molar-refractivity contribution is 0.491. The van der Waals surface area contributed by atoms with Crippen LogP contribution in [0, 0.1) is 11.3 Å². The van der Waals surface area contributed by atoms with Crippen molar-refractivity contribution in [1.29, 1.82) is 5.26 Å². The second kappa shape index (κ2) is 7.68. The van der Waals surface area contributed by atoms with Crippen LogP contribution in [0.15, 0.2) is 35.4 Å². The van der Waals surface area contributed by atoms with Gasteiger partial charge in [0.15, 0.2) is 11.2 Å². The first kappa shape index (κ1) is 19.2. The summed E-state index contributed by atoms with van der Waals surface area (Å²) in [5.74, 6) is 0.569. The molecule has 1 unspecified atom stereocenters. The summed E-state index contributed by atoms with van der Waals surface area (Å²) in [4.78, 5) is 24.8. The smallest absolute Gasteiger partial charge is 0.281 e. The molecule has 0 radical (unpaired) electrons. The minimum Gasteiger partial charge on any atom is -0.341 e. The van der Waals surface area contributed by atoms with Crippen LogP contribution in [0.25, 0.3) is 11.2 Å². The van der Waals surface area contributed by atoms with Crippen LogP contribution in [0.5, 0.6) is 0 Å². The minimum atomic E-state index is -0.150. The van der Waals surface area contributed by atoms with Gasteiger partial charge >= 0.3 is 0 Å². The van der Waals surface area contributed by atoms with Crippen LogP contribution in [0.3, 0.4) is 0 Å². The van der Waals surface area contributed by atoms with Crippen LogP contribution in [0.2, 0.25) is 0 Å². The van der Waals surface area contributed by atoms with Crippen LogP contribution in [-0.4, -0.2) is 38.2 Å². The number of anilines is 1. The van der Waals surface area contributed by atoms with Crippen molar-refractivity contribution in [1.82, 2.24) is 19.1 Å². The molecule has 2 aromatic heterocycles. The predicted molar refractivity (Wildman–Crippen MR) is 112 cm³/mol. The fraction of sp³-hybridized carbons (Fsp3) is 0.429. The lowest BCUT2D eigenvalue weighted by atomic mass is 10.1. The third-order valence-corrected chi connectivity index (χ3v) is 5.43. The summed E-state index contributed by atoms with van der Waals surface area (Å²) < 4.78 is 3.51. The van der Waals surface area contributed by atoms with Gasteiger partial charge in [-0.05, 0) is 38.3 Å². The zero-order valence-corrected chi connectivity index (χ0v) is 16.7. The largest absolute Gasteiger partial charge is 0.341 e. The SMILES string of the molecule is CC(C)n1cnc2nc(N3CCCC(N)C3)n(Cc3ccccc3C#N)c(=O)c21. The fourth-order valence-corrected chi connectivity index (χ4v) is 3.92. The molecule has 1 fully saturated rings. The van der Waals surface area contributed by atoms with Gasteiger partial charge in [0, 0.05) is 25.2 Å². The van der Waals surface area contributed by atoms with Crippen molar-refractivity contribution in [3.63, 3.8) is 0 Å². The van der Waals surface area contributed by atoms with Crippen LogP contribution < -0.4 is 16.2 Å². The molecule has 0 amide bonds. The predicted octanol–water partition coefficient (Wildman–Crippen LogP) is 2.02. The highest BCUT2D eigenvalue weighted by atomic mass is 16.1. The highest BCUT2D eigenvalue weighted by molar-refractivity contribution is 5.71. The number of imidazole rings is 1. The van der Waals surface area contributed by atoms with Crippen molar-refractivity contribution in [2.24, 2.45) is 5.73 Å². The molecule has 0 aliphatic carbocycles. The Kier molecular flexibility index (Phi) is 5.07. The molecule has 1 aliphatic heterocycles. The molecule has 1 saturated heterocycles. The molecule has 8 heteroatoms. The molecule has 0 bridgehead atoms. The van der Waals surface area contributed by atoms with Gasteiger partial charge in [0.2, 0.25) is 5.95 Å². The van der Waals surface area contributed by atoms with Crippen LogP contribution in [-0.2, 0) is 6.54 Å². The number of fused-ring (bicyclic) bond motifs is 1. The highest BCUT2D eigenvalue weighted by Crippen LogP contribution is 2.22. The van der Waals surface area contributed by atoms with E-state index in [9.17, 15) is 10.1 Å². The Morgan fingerprint density at radius 3 is 2.86 bits per heavy atom. The number of piperidine rings is 1. The molecule has 0 spiro atoms. The molecule has 150 valence electrons. The highest BCUT2D eigenvalue weighted by Gasteiger charge is 2.25. The van der Waals surface area contributed by atoms with E-state index < -0.39 is 0 Å². The van der Waals surface area contributed by atoms with E-state index in [0.717, 1.165) is 24.9 Å². The zero-order valence-electron chi connectivity index (χ0n) is 16.7. The van der Waals surface area contributed by atoms with Gasteiger partial charge in [-0.2, -0.15) is 10.2 Å². The van der Waals surface area contributed by atoms with E-state index in [1.54, 1.807) is 17.0 Å². The van der Waals surface area contributed by atoms with E-state index in [4.69, 9.17) is 10.7 Å². The average Bonchev–Trinajstić information content (AvgIpc) is 3.15. The van der Waals surface area contributed by atoms with Crippen LogP contribution in [0.4, 0.5) is 5.95 Å². The number of nitrogens with zero attached hydrogens (tertiary/aromatic N) is 6. The second-order valence-electron chi connectivity index (χ2n) is 7.84. The zero-order chi connectivity index (χ0) is 20.5. The molecule has 3 heterocycles. The summed E-state index contributed by atoms with van der Waals surface area (Å²) >= 11 is 0. The Balaban J connectivity index is 1.92. The molecule has 4 rings (SSSR count). The summed E-state index contributed by atoms with van der Waals surface area (Å²) in [5, 5.41) is 9.48. The van der Waals surface area contributed by atoms with Gasteiger partial charge in [0.1, 0.15) is 0 Å². The third-order valence-electron chi connectivity index (χ3n) is 5.43. The van der Waals surface area contributed by atoms with Gasteiger partial charge in [0.05, 0.1) is 24.5 Å². The quantitative estimate of drug-likeness (QED) is 0.729. The number of nitriles is 1. The first-order valence-electron chi connectivity index (χ1n) is 9.95. The molecule has 3 aromatic rings. The Labute approximate surface area is 169 Å². The van der Waals surface area contributed by atoms with E-state index in [0.29, 0.717) is 29.2 Å². The Bertz CT molecular complexity index is 1140. The molecule has 0 saturated carbocycles. The van der Waals surface area contributed by atoms with E-state index in [2.05, 4.69) is 16.0 Å². The van der Waals surface area contributed by atoms with Crippen molar-refractivity contribution in [3.05, 3.63) is 52.1 Å². The first-order valence-corrected chi connectivity index (χ1v) is 9.95. The maximum Gasteiger partial charge on any atom is 0.281 e. The summed E-state index contributed by atoms with van der Waals surface area (Å²) in [5.41, 5.74) is 8.31. The third kappa shape index (κ3) is 3.49. The summed E-state index contributed by atoms with van der Waals surface area (Å²) in [6.07, 6.45) is 3.58. The standard InChI is InChI=1S/C21H25N7O/c1-14(2)28-13-24-19-18(28)20(29)27(11-16-7-4-3-6-15(16)10-22)21(25-19)26-9-5-8-17(23)12-26/h3-4,6-7,13-14,17H,5,8-9,11-12,23H2,1-2H3. The molecule has 1 aromatic carbocycles. The lowest BCUT2D eigenvalue weighted by Gasteiger charge is -2.33. The fourth-order valence-electron chi connectivity index (χ4n) is 3.92. The van der Waals surface area contributed by atoms with Crippen molar-refractivity contribution in [2.45, 2.75) is 45.3 Å². The Hall–Kier alpha value is -3.18. The average molecular weight is 391 g/mol. The number of benzene rings is 1. The monoisotopic (exact) mass is 391 g/mol. The second-order valence-corrected chi connectivity index (χ2v) is 7.84. The molecule has 1 atom stereocenters. The van der Waals surface area contributed by atoms with Gasteiger partial charge < -0.3 is 15.2 Å². The van der Waals surface area contributed by atoms with Gasteiger partial charge in [-0.3, -0.25) is 9.36 Å². The molecule has 8 nitrogen and oxygen atoms in total. The maximum atomic E-state index is 13.6. The van der Waals surface area contributed by atoms with Gasteiger partial charge in [-0.15, -0.1) is 0 Å². The van der Waals surface area contributed by atoms with Gasteiger partial charge in [-0.25, -0.2) is 4.98 Å². The van der Waals surface area contributed by atoms with Gasteiger partial charge in [0.25, 0.3) is 5.56 Å². The number of rotatable bonds is 4. The number of hydrogen-bond donors (Lipinski definition) is 1. The van der Waals surface area contributed by atoms with Crippen molar-refractivity contribution in [2.75, 3.05) is 18.0 Å². The minimum absolute atomic E-state index is 0.0458. The molecule has 2 N–H and O–H groups in total. The number of nitrogens with two attached hydrogens (primary N) is 1. The van der Waals surface area contributed by atoms with Crippen molar-refractivity contribution >= 4 is 17.1 Å². The van der Waals surface area contributed by atoms with E-state index in [1.165, 1.54) is 0 Å². The topological polar surface area (TPSA) is 106 Å². The number of hydrogen-bond acceptors (Lipinski definition) is 6. The molecular weight excluding hydrogens is 366 g/mol. The first-order chi connectivity index (χ1) is 14.0. The molecular formula is C21H25N7O. The van der Waals surface area contributed by atoms with Crippen molar-refractivity contribution < 1.29 is 0 Å². The Morgan fingerprint density at radius 2 is 2.14 bits per heavy atom. The van der Waals surface area contributed by atoms with Crippen LogP contribution >= 0.6 is 0 Å². The van der Waals surface area contributed by atoms with Crippen molar-refractivity contribution in [3.8, 4) is 6.07 Å². The molecule has 29 heavy (non-hydrogen) atoms. The van der Waals surface area contributed by atoms with E-state index in [-0.39, 0.29) is 24.2 Å². The van der Waals surface area contributed by atoms with E-state index in [1.807, 2.05) is 36.6 Å².